The molecule has 0 bridgehead atoms. The van der Waals surface area contributed by atoms with E-state index in [0.29, 0.717) is 13.0 Å². The van der Waals surface area contributed by atoms with Crippen molar-refractivity contribution < 1.29 is 13.2 Å². The molecule has 0 saturated carbocycles. The summed E-state index contributed by atoms with van der Waals surface area (Å²) in [6.45, 7) is 0.555. The van der Waals surface area contributed by atoms with E-state index in [1.54, 1.807) is 4.90 Å². The summed E-state index contributed by atoms with van der Waals surface area (Å²) >= 11 is 9.11. The molecule has 1 fully saturated rings. The highest BCUT2D eigenvalue weighted by Crippen LogP contribution is 2.44. The maximum absolute atomic E-state index is 13.2. The van der Waals surface area contributed by atoms with Gasteiger partial charge in [0, 0.05) is 6.54 Å². The van der Waals surface area contributed by atoms with Gasteiger partial charge in [-0.1, -0.05) is 51.1 Å². The third-order valence-electron chi connectivity index (χ3n) is 3.39. The molecule has 0 N–H and O–H groups in total. The molecule has 1 aliphatic heterocycles. The molecule has 7 heteroatoms. The first-order valence-corrected chi connectivity index (χ1v) is 8.21. The van der Waals surface area contributed by atoms with Crippen molar-refractivity contribution in [1.82, 2.24) is 4.90 Å². The number of benzene rings is 1. The summed E-state index contributed by atoms with van der Waals surface area (Å²) < 4.78 is 40.0. The van der Waals surface area contributed by atoms with Gasteiger partial charge in [-0.2, -0.15) is 13.2 Å². The molecule has 0 amide bonds. The number of likely N-dealkylation sites (tertiary alicyclic amines) is 1. The largest absolute Gasteiger partial charge is 0.394 e. The van der Waals surface area contributed by atoms with Gasteiger partial charge >= 0.3 is 6.18 Å². The lowest BCUT2D eigenvalue weighted by Crippen LogP contribution is -2.49. The molecule has 110 valence electrons. The van der Waals surface area contributed by atoms with E-state index in [4.69, 9.17) is 12.2 Å². The van der Waals surface area contributed by atoms with Crippen LogP contribution in [0.5, 0.6) is 0 Å². The molecule has 3 unspecified atom stereocenters. The van der Waals surface area contributed by atoms with Crippen LogP contribution in [0.15, 0.2) is 30.3 Å². The number of piperidine rings is 1. The minimum Gasteiger partial charge on any atom is -0.350 e. The number of hydrogen-bond donors (Lipinski definition) is 1. The molecule has 0 aliphatic carbocycles. The van der Waals surface area contributed by atoms with E-state index in [2.05, 4.69) is 12.6 Å². The van der Waals surface area contributed by atoms with Crippen LogP contribution in [-0.4, -0.2) is 27.7 Å². The van der Waals surface area contributed by atoms with Crippen LogP contribution in [0, 0.1) is 5.92 Å². The fourth-order valence-corrected chi connectivity index (χ4v) is 4.77. The third-order valence-corrected chi connectivity index (χ3v) is 5.55. The topological polar surface area (TPSA) is 3.24 Å². The van der Waals surface area contributed by atoms with E-state index in [0.717, 1.165) is 5.30 Å². The van der Waals surface area contributed by atoms with E-state index in [-0.39, 0.29) is 19.3 Å². The Morgan fingerprint density at radius 1 is 1.30 bits per heavy atom. The van der Waals surface area contributed by atoms with Gasteiger partial charge in [-0.3, -0.25) is 0 Å². The Morgan fingerprint density at radius 3 is 2.50 bits per heavy atom. The normalized spacial score (nSPS) is 24.3. The Morgan fingerprint density at radius 2 is 1.95 bits per heavy atom. The lowest BCUT2D eigenvalue weighted by atomic mass is 9.97. The van der Waals surface area contributed by atoms with Crippen molar-refractivity contribution in [3.05, 3.63) is 30.3 Å². The van der Waals surface area contributed by atoms with E-state index < -0.39 is 17.9 Å². The summed E-state index contributed by atoms with van der Waals surface area (Å²) in [5.74, 6) is -1.96. The van der Waals surface area contributed by atoms with Crippen LogP contribution < -0.4 is 5.30 Å². The minimum atomic E-state index is -4.19. The van der Waals surface area contributed by atoms with E-state index >= 15 is 0 Å². The van der Waals surface area contributed by atoms with Crippen molar-refractivity contribution in [2.75, 3.05) is 6.54 Å². The van der Waals surface area contributed by atoms with Gasteiger partial charge in [0.1, 0.15) is 4.32 Å². The summed E-state index contributed by atoms with van der Waals surface area (Å²) in [6.07, 6.45) is -3.52. The average Bonchev–Trinajstić information content (AvgIpc) is 2.38. The number of thiocarbonyl (C=S) groups is 1. The number of alkyl halides is 3. The zero-order valence-electron chi connectivity index (χ0n) is 10.6. The van der Waals surface area contributed by atoms with Gasteiger partial charge < -0.3 is 4.90 Å². The summed E-state index contributed by atoms with van der Waals surface area (Å²) in [6, 6.07) is 9.27. The number of thiol groups is 1. The first-order valence-electron chi connectivity index (χ1n) is 6.27. The summed E-state index contributed by atoms with van der Waals surface area (Å²) in [5.41, 5.74) is 0. The molecule has 3 atom stereocenters. The summed E-state index contributed by atoms with van der Waals surface area (Å²) in [4.78, 5) is 1.63. The quantitative estimate of drug-likeness (QED) is 0.497. The Balaban J connectivity index is 2.26. The number of halogens is 3. The van der Waals surface area contributed by atoms with E-state index in [1.807, 2.05) is 30.3 Å². The zero-order valence-corrected chi connectivity index (χ0v) is 13.3. The van der Waals surface area contributed by atoms with Gasteiger partial charge in [0.25, 0.3) is 0 Å². The third kappa shape index (κ3) is 3.86. The Labute approximate surface area is 129 Å². The lowest BCUT2D eigenvalue weighted by molar-refractivity contribution is -0.187. The second-order valence-corrected chi connectivity index (χ2v) is 7.29. The Hall–Kier alpha value is -0.320. The maximum Gasteiger partial charge on any atom is 0.394 e. The Kier molecular flexibility index (Phi) is 5.32. The first-order chi connectivity index (χ1) is 9.39. The molecular formula is C13H15F3NPS2. The smallest absolute Gasteiger partial charge is 0.350 e. The van der Waals surface area contributed by atoms with Crippen molar-refractivity contribution in [2.24, 2.45) is 5.92 Å². The van der Waals surface area contributed by atoms with Gasteiger partial charge in [0.05, 0.1) is 11.7 Å². The Bertz CT molecular complexity index is 466. The van der Waals surface area contributed by atoms with Gasteiger partial charge in [-0.25, -0.2) is 0 Å². The second kappa shape index (κ2) is 6.63. The highest BCUT2D eigenvalue weighted by Gasteiger charge is 2.48. The molecule has 20 heavy (non-hydrogen) atoms. The van der Waals surface area contributed by atoms with Crippen LogP contribution in [0.1, 0.15) is 12.8 Å². The van der Waals surface area contributed by atoms with Crippen molar-refractivity contribution >= 4 is 43.1 Å². The summed E-state index contributed by atoms with van der Waals surface area (Å²) in [7, 11) is 0.0502. The van der Waals surface area contributed by atoms with Crippen LogP contribution >= 0.6 is 33.4 Å². The van der Waals surface area contributed by atoms with Crippen LogP contribution in [0.4, 0.5) is 13.2 Å². The predicted molar refractivity (Wildman–Crippen MR) is 85.2 cm³/mol. The van der Waals surface area contributed by atoms with Crippen molar-refractivity contribution in [2.45, 2.75) is 24.8 Å². The molecule has 1 heterocycles. The monoisotopic (exact) mass is 337 g/mol. The SMILES string of the molecule is FC(F)(F)C1CCCN(C(=S)S)C1Pc1ccccc1. The van der Waals surface area contributed by atoms with Crippen molar-refractivity contribution in [3.63, 3.8) is 0 Å². The molecule has 1 saturated heterocycles. The molecule has 2 rings (SSSR count). The van der Waals surface area contributed by atoms with E-state index in [9.17, 15) is 13.2 Å². The molecule has 1 nitrogen and oxygen atoms in total. The van der Waals surface area contributed by atoms with E-state index in [1.165, 1.54) is 0 Å². The zero-order chi connectivity index (χ0) is 14.8. The highest BCUT2D eigenvalue weighted by molar-refractivity contribution is 8.10. The van der Waals surface area contributed by atoms with Gasteiger partial charge in [0.2, 0.25) is 0 Å². The van der Waals surface area contributed by atoms with Gasteiger partial charge in [-0.15, -0.1) is 12.6 Å². The number of nitrogens with zero attached hydrogens (tertiary/aromatic N) is 1. The second-order valence-electron chi connectivity index (χ2n) is 4.72. The maximum atomic E-state index is 13.2. The molecule has 0 radical (unpaired) electrons. The van der Waals surface area contributed by atoms with Gasteiger partial charge in [-0.05, 0) is 18.1 Å². The minimum absolute atomic E-state index is 0.0502. The molecule has 0 aromatic heterocycles. The van der Waals surface area contributed by atoms with Gasteiger partial charge in [0.15, 0.2) is 0 Å². The average molecular weight is 337 g/mol. The lowest BCUT2D eigenvalue weighted by Gasteiger charge is -2.42. The van der Waals surface area contributed by atoms with Crippen LogP contribution in [0.3, 0.4) is 0 Å². The standard InChI is InChI=1S/C13H15F3NPS2/c14-13(15,16)10-7-4-8-17(12(19)20)11(10)18-9-5-2-1-3-6-9/h1-3,5-6,10-11,18H,4,7-8H2,(H,19,20). The molecule has 1 aromatic carbocycles. The number of rotatable bonds is 2. The fourth-order valence-electron chi connectivity index (χ4n) is 2.44. The molecule has 0 spiro atoms. The van der Waals surface area contributed by atoms with Crippen molar-refractivity contribution in [3.8, 4) is 0 Å². The number of hydrogen-bond acceptors (Lipinski definition) is 1. The predicted octanol–water partition coefficient (Wildman–Crippen LogP) is 3.81. The summed E-state index contributed by atoms with van der Waals surface area (Å²) in [5, 5.41) is 0.920. The fraction of sp³-hybridized carbons (Fsp3) is 0.462. The van der Waals surface area contributed by atoms with Crippen LogP contribution in [0.25, 0.3) is 0 Å². The molecular weight excluding hydrogens is 322 g/mol. The first kappa shape index (κ1) is 16.1. The van der Waals surface area contributed by atoms with Crippen LogP contribution in [0.2, 0.25) is 0 Å². The molecule has 1 aliphatic rings. The van der Waals surface area contributed by atoms with Crippen LogP contribution in [-0.2, 0) is 0 Å². The van der Waals surface area contributed by atoms with Crippen molar-refractivity contribution in [1.29, 1.82) is 0 Å². The highest BCUT2D eigenvalue weighted by atomic mass is 32.1. The molecule has 1 aromatic rings.